The number of hydrogen-bond donors (Lipinski definition) is 2. The van der Waals surface area contributed by atoms with E-state index >= 15 is 0 Å². The van der Waals surface area contributed by atoms with Crippen LogP contribution in [0, 0.1) is 17.8 Å². The first-order chi connectivity index (χ1) is 10.3. The van der Waals surface area contributed by atoms with Gasteiger partial charge in [-0.05, 0) is 25.2 Å². The average molecular weight is 335 g/mol. The monoisotopic (exact) mass is 334 g/mol. The first kappa shape index (κ1) is 16.9. The van der Waals surface area contributed by atoms with E-state index in [-0.39, 0.29) is 29.8 Å². The number of hydrazine groups is 1. The van der Waals surface area contributed by atoms with E-state index in [2.05, 4.69) is 27.4 Å². The van der Waals surface area contributed by atoms with Crippen LogP contribution in [0.2, 0.25) is 5.15 Å². The molecule has 1 aromatic heterocycles. The van der Waals surface area contributed by atoms with Gasteiger partial charge in [-0.3, -0.25) is 5.43 Å². The van der Waals surface area contributed by atoms with Crippen molar-refractivity contribution in [2.45, 2.75) is 32.4 Å². The van der Waals surface area contributed by atoms with Gasteiger partial charge in [0.1, 0.15) is 0 Å². The molecule has 4 nitrogen and oxygen atoms in total. The minimum Gasteiger partial charge on any atom is -0.304 e. The summed E-state index contributed by atoms with van der Waals surface area (Å²) in [4.78, 5) is 7.83. The van der Waals surface area contributed by atoms with E-state index in [9.17, 15) is 13.2 Å². The predicted octanol–water partition coefficient (Wildman–Crippen LogP) is 4.17. The number of halogens is 4. The van der Waals surface area contributed by atoms with Crippen LogP contribution in [0.25, 0.3) is 0 Å². The van der Waals surface area contributed by atoms with Gasteiger partial charge in [0.15, 0.2) is 11.0 Å². The maximum atomic E-state index is 12.9. The third kappa shape index (κ3) is 4.03. The second kappa shape index (κ2) is 6.73. The Morgan fingerprint density at radius 3 is 2.64 bits per heavy atom. The lowest BCUT2D eigenvalue weighted by atomic mass is 9.73. The van der Waals surface area contributed by atoms with Crippen LogP contribution in [0.3, 0.4) is 0 Å². The third-order valence-electron chi connectivity index (χ3n) is 4.10. The number of alkyl halides is 3. The van der Waals surface area contributed by atoms with E-state index in [1.54, 1.807) is 0 Å². The Bertz CT molecular complexity index is 535. The second-order valence-corrected chi connectivity index (χ2v) is 5.96. The Morgan fingerprint density at radius 2 is 2.00 bits per heavy atom. The van der Waals surface area contributed by atoms with E-state index in [1.807, 2.05) is 6.92 Å². The topological polar surface area (TPSA) is 49.8 Å². The number of nitrogens with one attached hydrogen (secondary N) is 2. The Balaban J connectivity index is 1.97. The molecule has 0 amide bonds. The van der Waals surface area contributed by atoms with Crippen molar-refractivity contribution in [2.24, 2.45) is 17.8 Å². The quantitative estimate of drug-likeness (QED) is 0.811. The molecule has 0 saturated heterocycles. The van der Waals surface area contributed by atoms with E-state index in [0.717, 1.165) is 0 Å². The molecule has 3 unspecified atom stereocenters. The van der Waals surface area contributed by atoms with Crippen molar-refractivity contribution < 1.29 is 13.2 Å². The van der Waals surface area contributed by atoms with Crippen molar-refractivity contribution in [3.05, 3.63) is 29.8 Å². The molecule has 0 spiro atoms. The summed E-state index contributed by atoms with van der Waals surface area (Å²) in [7, 11) is 0. The summed E-state index contributed by atoms with van der Waals surface area (Å²) in [6.07, 6.45) is -0.493. The standard InChI is InChI=1S/C14H18ClF3N4/c1-8-3-4-10(14(16,17)18)7-11(8)9(2)21-22-13-12(15)19-5-6-20-13/h5-6,8,10-11,21H,2-4,7H2,1H3,(H,20,22). The summed E-state index contributed by atoms with van der Waals surface area (Å²) >= 11 is 5.85. The zero-order chi connectivity index (χ0) is 16.3. The van der Waals surface area contributed by atoms with Gasteiger partial charge >= 0.3 is 6.18 Å². The molecule has 0 radical (unpaired) electrons. The van der Waals surface area contributed by atoms with E-state index in [0.29, 0.717) is 17.9 Å². The number of nitrogens with zero attached hydrogens (tertiary/aromatic N) is 2. The number of anilines is 1. The highest BCUT2D eigenvalue weighted by atomic mass is 35.5. The number of hydrogen-bond acceptors (Lipinski definition) is 4. The summed E-state index contributed by atoms with van der Waals surface area (Å²) in [6, 6.07) is 0. The number of rotatable bonds is 4. The molecule has 1 aromatic rings. The van der Waals surface area contributed by atoms with Crippen LogP contribution in [0.4, 0.5) is 19.0 Å². The van der Waals surface area contributed by atoms with Gasteiger partial charge in [-0.25, -0.2) is 9.97 Å². The lowest BCUT2D eigenvalue weighted by molar-refractivity contribution is -0.187. The van der Waals surface area contributed by atoms with Gasteiger partial charge in [0.25, 0.3) is 0 Å². The SMILES string of the molecule is C=C(NNc1nccnc1Cl)C1CC(C(F)(F)F)CCC1C. The summed E-state index contributed by atoms with van der Waals surface area (Å²) in [5.74, 6) is -1.09. The van der Waals surface area contributed by atoms with Gasteiger partial charge < -0.3 is 5.43 Å². The zero-order valence-electron chi connectivity index (χ0n) is 12.1. The smallest absolute Gasteiger partial charge is 0.304 e. The highest BCUT2D eigenvalue weighted by Crippen LogP contribution is 2.43. The van der Waals surface area contributed by atoms with Gasteiger partial charge in [-0.2, -0.15) is 13.2 Å². The Kier molecular flexibility index (Phi) is 5.16. The lowest BCUT2D eigenvalue weighted by Gasteiger charge is -2.36. The fourth-order valence-electron chi connectivity index (χ4n) is 2.74. The van der Waals surface area contributed by atoms with Crippen molar-refractivity contribution >= 4 is 17.4 Å². The molecule has 2 rings (SSSR count). The van der Waals surface area contributed by atoms with Crippen molar-refractivity contribution in [1.29, 1.82) is 0 Å². The molecule has 8 heteroatoms. The van der Waals surface area contributed by atoms with Gasteiger partial charge in [0.2, 0.25) is 0 Å². The second-order valence-electron chi connectivity index (χ2n) is 5.61. The third-order valence-corrected chi connectivity index (χ3v) is 4.38. The minimum absolute atomic E-state index is 0.0480. The molecule has 1 aliphatic carbocycles. The highest BCUT2D eigenvalue weighted by molar-refractivity contribution is 6.31. The van der Waals surface area contributed by atoms with Crippen LogP contribution in [0.1, 0.15) is 26.2 Å². The average Bonchev–Trinajstić information content (AvgIpc) is 2.45. The molecular formula is C14H18ClF3N4. The normalized spacial score (nSPS) is 25.6. The minimum atomic E-state index is -4.15. The molecule has 0 aromatic carbocycles. The van der Waals surface area contributed by atoms with Crippen LogP contribution in [-0.2, 0) is 0 Å². The number of allylic oxidation sites excluding steroid dienone is 1. The maximum absolute atomic E-state index is 12.9. The molecule has 1 fully saturated rings. The van der Waals surface area contributed by atoms with Crippen molar-refractivity contribution in [2.75, 3.05) is 5.43 Å². The first-order valence-corrected chi connectivity index (χ1v) is 7.41. The Morgan fingerprint density at radius 1 is 1.32 bits per heavy atom. The molecule has 2 N–H and O–H groups in total. The summed E-state index contributed by atoms with van der Waals surface area (Å²) < 4.78 is 38.7. The van der Waals surface area contributed by atoms with Crippen LogP contribution in [0.5, 0.6) is 0 Å². The zero-order valence-corrected chi connectivity index (χ0v) is 12.9. The molecule has 22 heavy (non-hydrogen) atoms. The molecule has 1 saturated carbocycles. The van der Waals surface area contributed by atoms with Crippen molar-refractivity contribution in [1.82, 2.24) is 15.4 Å². The van der Waals surface area contributed by atoms with Crippen LogP contribution in [-0.4, -0.2) is 16.1 Å². The molecule has 122 valence electrons. The van der Waals surface area contributed by atoms with Crippen molar-refractivity contribution in [3.63, 3.8) is 0 Å². The Labute approximate surface area is 132 Å². The summed E-state index contributed by atoms with van der Waals surface area (Å²) in [6.45, 7) is 5.80. The van der Waals surface area contributed by atoms with Gasteiger partial charge in [-0.15, -0.1) is 0 Å². The Hall–Kier alpha value is -1.50. The van der Waals surface area contributed by atoms with Crippen LogP contribution < -0.4 is 10.9 Å². The summed E-state index contributed by atoms with van der Waals surface area (Å²) in [5.41, 5.74) is 6.06. The van der Waals surface area contributed by atoms with Crippen LogP contribution >= 0.6 is 11.6 Å². The van der Waals surface area contributed by atoms with E-state index in [4.69, 9.17) is 11.6 Å². The van der Waals surface area contributed by atoms with Gasteiger partial charge in [-0.1, -0.05) is 25.1 Å². The van der Waals surface area contributed by atoms with Gasteiger partial charge in [0, 0.05) is 24.0 Å². The molecule has 1 aliphatic rings. The molecular weight excluding hydrogens is 317 g/mol. The van der Waals surface area contributed by atoms with Gasteiger partial charge in [0.05, 0.1) is 5.92 Å². The fourth-order valence-corrected chi connectivity index (χ4v) is 2.89. The predicted molar refractivity (Wildman–Crippen MR) is 79.0 cm³/mol. The molecule has 0 bridgehead atoms. The first-order valence-electron chi connectivity index (χ1n) is 7.03. The lowest BCUT2D eigenvalue weighted by Crippen LogP contribution is -2.37. The van der Waals surface area contributed by atoms with Crippen molar-refractivity contribution in [3.8, 4) is 0 Å². The van der Waals surface area contributed by atoms with E-state index < -0.39 is 12.1 Å². The van der Waals surface area contributed by atoms with E-state index in [1.165, 1.54) is 12.4 Å². The maximum Gasteiger partial charge on any atom is 0.391 e. The number of aromatic nitrogens is 2. The largest absolute Gasteiger partial charge is 0.391 e. The molecule has 3 atom stereocenters. The summed E-state index contributed by atoms with van der Waals surface area (Å²) in [5, 5.41) is 0.174. The molecule has 0 aliphatic heterocycles. The molecule has 1 heterocycles. The highest BCUT2D eigenvalue weighted by Gasteiger charge is 2.44. The van der Waals surface area contributed by atoms with Crippen LogP contribution in [0.15, 0.2) is 24.7 Å². The fraction of sp³-hybridized carbons (Fsp3) is 0.571.